The Morgan fingerprint density at radius 3 is 2.71 bits per heavy atom. The van der Waals surface area contributed by atoms with Crippen molar-refractivity contribution in [1.29, 1.82) is 0 Å². The minimum atomic E-state index is -0.486. The van der Waals surface area contributed by atoms with Gasteiger partial charge in [-0.25, -0.2) is 14.9 Å². The summed E-state index contributed by atoms with van der Waals surface area (Å²) in [5, 5.41) is 7.80. The van der Waals surface area contributed by atoms with E-state index in [0.717, 1.165) is 11.0 Å². The molecule has 0 fully saturated rings. The van der Waals surface area contributed by atoms with Crippen LogP contribution in [0.25, 0.3) is 16.8 Å². The van der Waals surface area contributed by atoms with Crippen LogP contribution in [0.2, 0.25) is 0 Å². The first-order valence-corrected chi connectivity index (χ1v) is 9.83. The molecule has 0 atom stereocenters. The van der Waals surface area contributed by atoms with Crippen molar-refractivity contribution in [1.82, 2.24) is 24.6 Å². The van der Waals surface area contributed by atoms with E-state index in [1.54, 1.807) is 20.8 Å². The standard InChI is InChI=1S/C19H19N5O3S/c1-4-27-17(26)16-11(3)20-10(2)15(16)14(25)9-28-19-23-22-18-21-12-7-5-6-8-13(12)24(18)19/h5-8,20H,4,9H2,1-3H3,(H,21,22). The molecule has 0 aliphatic rings. The van der Waals surface area contributed by atoms with E-state index in [1.807, 2.05) is 28.7 Å². The number of ketones is 1. The number of nitrogens with zero attached hydrogens (tertiary/aromatic N) is 3. The maximum atomic E-state index is 12.9. The van der Waals surface area contributed by atoms with E-state index in [2.05, 4.69) is 20.2 Å². The van der Waals surface area contributed by atoms with Crippen molar-refractivity contribution in [2.75, 3.05) is 12.4 Å². The predicted octanol–water partition coefficient (Wildman–Crippen LogP) is 3.31. The maximum Gasteiger partial charge on any atom is 0.340 e. The topological polar surface area (TPSA) is 105 Å². The van der Waals surface area contributed by atoms with Crippen molar-refractivity contribution in [3.63, 3.8) is 0 Å². The van der Waals surface area contributed by atoms with Gasteiger partial charge in [0.05, 0.1) is 34.5 Å². The summed E-state index contributed by atoms with van der Waals surface area (Å²) in [5.41, 5.74) is 3.75. The van der Waals surface area contributed by atoms with Crippen LogP contribution in [0.4, 0.5) is 0 Å². The third kappa shape index (κ3) is 2.97. The molecule has 0 spiro atoms. The number of rotatable bonds is 6. The molecular weight excluding hydrogens is 378 g/mol. The first-order chi connectivity index (χ1) is 13.5. The summed E-state index contributed by atoms with van der Waals surface area (Å²) < 4.78 is 6.99. The highest BCUT2D eigenvalue weighted by Gasteiger charge is 2.25. The maximum absolute atomic E-state index is 12.9. The summed E-state index contributed by atoms with van der Waals surface area (Å²) in [5.74, 6) is 0.116. The third-order valence-electron chi connectivity index (χ3n) is 4.47. The Bertz CT molecular complexity index is 1200. The molecule has 0 radical (unpaired) electrons. The van der Waals surface area contributed by atoms with E-state index in [1.165, 1.54) is 11.8 Å². The van der Waals surface area contributed by atoms with Crippen LogP contribution in [0.15, 0.2) is 29.4 Å². The Balaban J connectivity index is 1.62. The van der Waals surface area contributed by atoms with Crippen LogP contribution in [-0.4, -0.2) is 48.7 Å². The van der Waals surface area contributed by atoms with E-state index in [0.29, 0.717) is 33.4 Å². The highest BCUT2D eigenvalue weighted by molar-refractivity contribution is 7.99. The third-order valence-corrected chi connectivity index (χ3v) is 5.41. The molecule has 1 aromatic carbocycles. The number of esters is 1. The van der Waals surface area contributed by atoms with Crippen molar-refractivity contribution < 1.29 is 14.3 Å². The van der Waals surface area contributed by atoms with Gasteiger partial charge in [-0.3, -0.25) is 9.20 Å². The monoisotopic (exact) mass is 397 g/mol. The highest BCUT2D eigenvalue weighted by atomic mass is 32.2. The lowest BCUT2D eigenvalue weighted by Crippen LogP contribution is -2.13. The van der Waals surface area contributed by atoms with E-state index in [9.17, 15) is 9.59 Å². The number of hydrogen-bond acceptors (Lipinski definition) is 6. The number of H-pyrrole nitrogens is 2. The van der Waals surface area contributed by atoms with Gasteiger partial charge >= 0.3 is 5.97 Å². The fourth-order valence-corrected chi connectivity index (χ4v) is 4.16. The highest BCUT2D eigenvalue weighted by Crippen LogP contribution is 2.26. The summed E-state index contributed by atoms with van der Waals surface area (Å²) >= 11 is 1.30. The average molecular weight is 397 g/mol. The summed E-state index contributed by atoms with van der Waals surface area (Å²) in [6.45, 7) is 5.54. The number of hydrogen-bond donors (Lipinski definition) is 2. The molecule has 0 aliphatic carbocycles. The average Bonchev–Trinajstić information content (AvgIpc) is 3.31. The number of carbonyl (C=O) groups is 2. The van der Waals surface area contributed by atoms with E-state index in [-0.39, 0.29) is 18.1 Å². The van der Waals surface area contributed by atoms with Crippen LogP contribution in [0.3, 0.4) is 0 Å². The molecule has 0 amide bonds. The number of aromatic nitrogens is 5. The van der Waals surface area contributed by atoms with Gasteiger partial charge < -0.3 is 9.72 Å². The first-order valence-electron chi connectivity index (χ1n) is 8.85. The fourth-order valence-electron chi connectivity index (χ4n) is 3.33. The molecular formula is C19H19N5O3S. The number of benzene rings is 1. The molecule has 28 heavy (non-hydrogen) atoms. The van der Waals surface area contributed by atoms with Gasteiger partial charge in [0.1, 0.15) is 0 Å². The van der Waals surface area contributed by atoms with Gasteiger partial charge in [-0.1, -0.05) is 23.9 Å². The van der Waals surface area contributed by atoms with Crippen molar-refractivity contribution in [3.8, 4) is 0 Å². The summed E-state index contributed by atoms with van der Waals surface area (Å²) in [7, 11) is 0. The number of fused-ring (bicyclic) bond motifs is 3. The van der Waals surface area contributed by atoms with Crippen LogP contribution < -0.4 is 0 Å². The molecule has 3 heterocycles. The van der Waals surface area contributed by atoms with E-state index in [4.69, 9.17) is 4.74 Å². The first kappa shape index (κ1) is 18.3. The molecule has 8 nitrogen and oxygen atoms in total. The van der Waals surface area contributed by atoms with Crippen LogP contribution in [0, 0.1) is 13.8 Å². The molecule has 4 aromatic rings. The fraction of sp³-hybridized carbons (Fsp3) is 0.263. The van der Waals surface area contributed by atoms with Gasteiger partial charge in [0.15, 0.2) is 10.9 Å². The second-order valence-corrected chi connectivity index (χ2v) is 7.27. The summed E-state index contributed by atoms with van der Waals surface area (Å²) in [4.78, 5) is 32.8. The molecule has 4 rings (SSSR count). The second kappa shape index (κ2) is 7.16. The van der Waals surface area contributed by atoms with Crippen molar-refractivity contribution in [2.24, 2.45) is 0 Å². The number of imidazole rings is 1. The number of ether oxygens (including phenoxy) is 1. The van der Waals surface area contributed by atoms with Gasteiger partial charge in [0, 0.05) is 11.4 Å². The molecule has 2 N–H and O–H groups in total. The van der Waals surface area contributed by atoms with Crippen LogP contribution in [0.1, 0.15) is 39.0 Å². The van der Waals surface area contributed by atoms with Gasteiger partial charge in [-0.05, 0) is 32.9 Å². The number of aromatic amines is 2. The number of aryl methyl sites for hydroxylation is 2. The van der Waals surface area contributed by atoms with Gasteiger partial charge in [-0.2, -0.15) is 0 Å². The normalized spacial score (nSPS) is 11.4. The lowest BCUT2D eigenvalue weighted by molar-refractivity contribution is 0.0522. The smallest absolute Gasteiger partial charge is 0.340 e. The largest absolute Gasteiger partial charge is 0.462 e. The summed E-state index contributed by atoms with van der Waals surface area (Å²) in [6, 6.07) is 7.73. The Morgan fingerprint density at radius 2 is 1.93 bits per heavy atom. The lowest BCUT2D eigenvalue weighted by Gasteiger charge is -2.05. The Kier molecular flexibility index (Phi) is 4.68. The van der Waals surface area contributed by atoms with Crippen LogP contribution >= 0.6 is 11.8 Å². The zero-order valence-electron chi connectivity index (χ0n) is 15.7. The van der Waals surface area contributed by atoms with Crippen molar-refractivity contribution in [3.05, 3.63) is 46.8 Å². The van der Waals surface area contributed by atoms with Crippen LogP contribution in [-0.2, 0) is 4.74 Å². The Hall–Kier alpha value is -3.07. The summed E-state index contributed by atoms with van der Waals surface area (Å²) in [6.07, 6.45) is 0. The van der Waals surface area contributed by atoms with Crippen LogP contribution in [0.5, 0.6) is 0 Å². The molecule has 9 heteroatoms. The Morgan fingerprint density at radius 1 is 1.18 bits per heavy atom. The number of Topliss-reactive ketones (excluding diaryl/α,β-unsaturated/α-hetero) is 1. The van der Waals surface area contributed by atoms with E-state index < -0.39 is 5.97 Å². The number of nitrogens with one attached hydrogen (secondary N) is 2. The van der Waals surface area contributed by atoms with Gasteiger partial charge in [0.2, 0.25) is 5.78 Å². The lowest BCUT2D eigenvalue weighted by atomic mass is 10.1. The molecule has 0 bridgehead atoms. The van der Waals surface area contributed by atoms with E-state index >= 15 is 0 Å². The molecule has 0 saturated carbocycles. The van der Waals surface area contributed by atoms with Gasteiger partial charge in [-0.15, -0.1) is 5.10 Å². The SMILES string of the molecule is CCOC(=O)c1c(C)[nH]c(C)c1C(=O)CSc1n[nH]c2nc3ccccc3n12. The Labute approximate surface area is 164 Å². The minimum Gasteiger partial charge on any atom is -0.462 e. The number of thioether (sulfide) groups is 1. The molecule has 144 valence electrons. The van der Waals surface area contributed by atoms with Crippen molar-refractivity contribution >= 4 is 40.3 Å². The number of para-hydroxylation sites is 2. The minimum absolute atomic E-state index is 0.136. The predicted molar refractivity (Wildman–Crippen MR) is 106 cm³/mol. The molecule has 0 unspecified atom stereocenters. The zero-order valence-corrected chi connectivity index (χ0v) is 16.5. The molecule has 3 aromatic heterocycles. The molecule has 0 saturated heterocycles. The molecule has 0 aliphatic heterocycles. The quantitative estimate of drug-likeness (QED) is 0.294. The zero-order chi connectivity index (χ0) is 19.8. The van der Waals surface area contributed by atoms with Gasteiger partial charge in [0.25, 0.3) is 0 Å². The van der Waals surface area contributed by atoms with Crippen molar-refractivity contribution in [2.45, 2.75) is 25.9 Å². The second-order valence-electron chi connectivity index (χ2n) is 6.32. The number of carbonyl (C=O) groups excluding carboxylic acids is 2.